The van der Waals surface area contributed by atoms with Gasteiger partial charge in [-0.25, -0.2) is 22.9 Å². The van der Waals surface area contributed by atoms with E-state index in [9.17, 15) is 13.2 Å². The van der Waals surface area contributed by atoms with E-state index >= 15 is 0 Å². The van der Waals surface area contributed by atoms with E-state index < -0.39 is 16.0 Å². The van der Waals surface area contributed by atoms with E-state index in [1.807, 2.05) is 19.1 Å². The molecule has 0 radical (unpaired) electrons. The van der Waals surface area contributed by atoms with Crippen molar-refractivity contribution in [3.05, 3.63) is 46.6 Å². The molecule has 0 aliphatic carbocycles. The number of aromatic nitrogens is 1. The van der Waals surface area contributed by atoms with E-state index in [1.165, 1.54) is 12.6 Å². The predicted octanol–water partition coefficient (Wildman–Crippen LogP) is 1.43. The van der Waals surface area contributed by atoms with Gasteiger partial charge in [0.25, 0.3) is 10.0 Å². The van der Waals surface area contributed by atoms with Crippen LogP contribution in [0.15, 0.2) is 34.0 Å². The third-order valence-electron chi connectivity index (χ3n) is 3.13. The van der Waals surface area contributed by atoms with Crippen LogP contribution in [0.5, 0.6) is 0 Å². The Morgan fingerprint density at radius 2 is 2.04 bits per heavy atom. The lowest BCUT2D eigenvalue weighted by Crippen LogP contribution is -2.24. The number of nitrogens with zero attached hydrogens (tertiary/aromatic N) is 1. The van der Waals surface area contributed by atoms with Crippen LogP contribution >= 0.6 is 11.3 Å². The lowest BCUT2D eigenvalue weighted by atomic mass is 10.1. The van der Waals surface area contributed by atoms with Gasteiger partial charge in [-0.15, -0.1) is 11.3 Å². The maximum absolute atomic E-state index is 12.3. The zero-order chi connectivity index (χ0) is 17.0. The van der Waals surface area contributed by atoms with Crippen LogP contribution in [0, 0.1) is 0 Å². The van der Waals surface area contributed by atoms with Gasteiger partial charge in [-0.3, -0.25) is 0 Å². The van der Waals surface area contributed by atoms with Crippen LogP contribution in [0.25, 0.3) is 0 Å². The average Bonchev–Trinajstić information content (AvgIpc) is 3.03. The summed E-state index contributed by atoms with van der Waals surface area (Å²) in [6, 6.07) is 7.21. The monoisotopic (exact) mass is 355 g/mol. The van der Waals surface area contributed by atoms with Crippen LogP contribution in [-0.4, -0.2) is 26.5 Å². The molecule has 9 heteroatoms. The predicted molar refractivity (Wildman–Crippen MR) is 86.5 cm³/mol. The van der Waals surface area contributed by atoms with Crippen molar-refractivity contribution in [2.45, 2.75) is 23.7 Å². The van der Waals surface area contributed by atoms with E-state index in [0.29, 0.717) is 0 Å². The summed E-state index contributed by atoms with van der Waals surface area (Å²) in [5.41, 5.74) is 8.59. The highest BCUT2D eigenvalue weighted by Gasteiger charge is 2.26. The molecule has 0 spiro atoms. The zero-order valence-electron chi connectivity index (χ0n) is 12.6. The molecule has 0 bridgehead atoms. The van der Waals surface area contributed by atoms with E-state index in [0.717, 1.165) is 22.5 Å². The molecule has 23 heavy (non-hydrogen) atoms. The molecular weight excluding hydrogens is 338 g/mol. The van der Waals surface area contributed by atoms with Gasteiger partial charge in [-0.2, -0.15) is 0 Å². The maximum atomic E-state index is 12.3. The summed E-state index contributed by atoms with van der Waals surface area (Å²) in [5.74, 6) is -0.784. The molecule has 124 valence electrons. The first-order valence-electron chi connectivity index (χ1n) is 6.71. The van der Waals surface area contributed by atoms with Gasteiger partial charge in [0, 0.05) is 12.6 Å². The number of hydrogen-bond donors (Lipinski definition) is 2. The van der Waals surface area contributed by atoms with Crippen LogP contribution in [0.1, 0.15) is 34.6 Å². The van der Waals surface area contributed by atoms with Crippen LogP contribution in [0.2, 0.25) is 0 Å². The minimum atomic E-state index is -3.85. The molecule has 1 aromatic carbocycles. The fraction of sp³-hybridized carbons (Fsp3) is 0.286. The number of nitrogens with one attached hydrogen (secondary N) is 1. The second-order valence-electron chi connectivity index (χ2n) is 4.83. The SMILES string of the molecule is COC(=O)c1ncsc1S(=O)(=O)NCc1ccc(C(C)N)cc1. The van der Waals surface area contributed by atoms with Gasteiger partial charge in [0.15, 0.2) is 9.90 Å². The molecule has 0 aliphatic heterocycles. The number of methoxy groups -OCH3 is 1. The molecule has 0 aliphatic rings. The van der Waals surface area contributed by atoms with Crippen molar-refractivity contribution in [1.82, 2.24) is 9.71 Å². The van der Waals surface area contributed by atoms with Crippen LogP contribution in [0.4, 0.5) is 0 Å². The molecule has 1 atom stereocenters. The molecule has 0 saturated heterocycles. The summed E-state index contributed by atoms with van der Waals surface area (Å²) < 4.78 is 31.5. The molecule has 1 unspecified atom stereocenters. The second kappa shape index (κ2) is 7.18. The number of ether oxygens (including phenoxy) is 1. The van der Waals surface area contributed by atoms with Gasteiger partial charge < -0.3 is 10.5 Å². The van der Waals surface area contributed by atoms with Gasteiger partial charge in [-0.05, 0) is 18.1 Å². The fourth-order valence-electron chi connectivity index (χ4n) is 1.84. The van der Waals surface area contributed by atoms with Crippen LogP contribution in [0.3, 0.4) is 0 Å². The minimum absolute atomic E-state index is 0.0828. The van der Waals surface area contributed by atoms with E-state index in [-0.39, 0.29) is 22.5 Å². The van der Waals surface area contributed by atoms with Crippen molar-refractivity contribution in [2.75, 3.05) is 7.11 Å². The molecule has 0 saturated carbocycles. The lowest BCUT2D eigenvalue weighted by molar-refractivity contribution is 0.0590. The first kappa shape index (κ1) is 17.5. The maximum Gasteiger partial charge on any atom is 0.358 e. The number of hydrogen-bond acceptors (Lipinski definition) is 7. The minimum Gasteiger partial charge on any atom is -0.464 e. The number of carbonyl (C=O) groups excluding carboxylic acids is 1. The number of benzene rings is 1. The van der Waals surface area contributed by atoms with Gasteiger partial charge in [-0.1, -0.05) is 24.3 Å². The molecule has 3 N–H and O–H groups in total. The summed E-state index contributed by atoms with van der Waals surface area (Å²) in [6.07, 6.45) is 0. The molecule has 1 heterocycles. The molecule has 0 amide bonds. The molecular formula is C14H17N3O4S2. The summed E-state index contributed by atoms with van der Waals surface area (Å²) in [4.78, 5) is 15.3. The van der Waals surface area contributed by atoms with Gasteiger partial charge in [0.2, 0.25) is 0 Å². The number of rotatable bonds is 6. The lowest BCUT2D eigenvalue weighted by Gasteiger charge is -2.08. The zero-order valence-corrected chi connectivity index (χ0v) is 14.3. The van der Waals surface area contributed by atoms with E-state index in [2.05, 4.69) is 14.4 Å². The second-order valence-corrected chi connectivity index (χ2v) is 7.65. The van der Waals surface area contributed by atoms with Crippen LogP contribution in [-0.2, 0) is 21.3 Å². The number of esters is 1. The van der Waals surface area contributed by atoms with Crippen LogP contribution < -0.4 is 10.5 Å². The topological polar surface area (TPSA) is 111 Å². The Bertz CT molecular complexity index is 783. The number of carbonyl (C=O) groups is 1. The van der Waals surface area contributed by atoms with Gasteiger partial charge in [0.05, 0.1) is 12.6 Å². The highest BCUT2D eigenvalue weighted by atomic mass is 32.2. The third-order valence-corrected chi connectivity index (χ3v) is 5.90. The Labute approximate surface area is 138 Å². The number of thiazole rings is 1. The first-order chi connectivity index (χ1) is 10.8. The molecule has 7 nitrogen and oxygen atoms in total. The quantitative estimate of drug-likeness (QED) is 0.758. The summed E-state index contributed by atoms with van der Waals surface area (Å²) in [7, 11) is -2.67. The van der Waals surface area contributed by atoms with Gasteiger partial charge in [0.1, 0.15) is 0 Å². The highest BCUT2D eigenvalue weighted by Crippen LogP contribution is 2.21. The van der Waals surface area contributed by atoms with E-state index in [1.54, 1.807) is 12.1 Å². The normalized spacial score (nSPS) is 12.8. The Hall–Kier alpha value is -1.81. The van der Waals surface area contributed by atoms with Gasteiger partial charge >= 0.3 is 5.97 Å². The molecule has 2 rings (SSSR count). The summed E-state index contributed by atoms with van der Waals surface area (Å²) in [6.45, 7) is 1.97. The Kier molecular flexibility index (Phi) is 5.47. The number of sulfonamides is 1. The van der Waals surface area contributed by atoms with Crippen molar-refractivity contribution >= 4 is 27.3 Å². The Balaban J connectivity index is 2.13. The Morgan fingerprint density at radius 1 is 1.39 bits per heavy atom. The van der Waals surface area contributed by atoms with E-state index in [4.69, 9.17) is 5.73 Å². The average molecular weight is 355 g/mol. The standard InChI is InChI=1S/C14H17N3O4S2/c1-9(15)11-5-3-10(4-6-11)7-17-23(19,20)14-12(13(18)21-2)16-8-22-14/h3-6,8-9,17H,7,15H2,1-2H3. The molecule has 1 aromatic heterocycles. The third kappa shape index (κ3) is 4.14. The molecule has 2 aromatic rings. The fourth-order valence-corrected chi connectivity index (χ4v) is 4.03. The summed E-state index contributed by atoms with van der Waals surface area (Å²) >= 11 is 0.863. The van der Waals surface area contributed by atoms with Crippen molar-refractivity contribution in [1.29, 1.82) is 0 Å². The highest BCUT2D eigenvalue weighted by molar-refractivity contribution is 7.91. The number of nitrogens with two attached hydrogens (primary N) is 1. The molecule has 0 fully saturated rings. The Morgan fingerprint density at radius 3 is 2.61 bits per heavy atom. The largest absolute Gasteiger partial charge is 0.464 e. The summed E-state index contributed by atoms with van der Waals surface area (Å²) in [5, 5.41) is 0. The van der Waals surface area contributed by atoms with Crippen molar-refractivity contribution in [2.24, 2.45) is 5.73 Å². The van der Waals surface area contributed by atoms with Crippen molar-refractivity contribution in [3.63, 3.8) is 0 Å². The smallest absolute Gasteiger partial charge is 0.358 e. The van der Waals surface area contributed by atoms with Crippen molar-refractivity contribution < 1.29 is 17.9 Å². The van der Waals surface area contributed by atoms with Crippen molar-refractivity contribution in [3.8, 4) is 0 Å². The first-order valence-corrected chi connectivity index (χ1v) is 9.07.